The minimum Gasteiger partial charge on any atom is -0.399 e. The summed E-state index contributed by atoms with van der Waals surface area (Å²) in [4.78, 5) is 34.7. The van der Waals surface area contributed by atoms with Crippen molar-refractivity contribution in [2.45, 2.75) is 11.4 Å². The number of benzene rings is 2. The summed E-state index contributed by atoms with van der Waals surface area (Å²) in [5, 5.41) is 11.1. The van der Waals surface area contributed by atoms with Crippen LogP contribution in [0.3, 0.4) is 0 Å². The van der Waals surface area contributed by atoms with E-state index in [2.05, 4.69) is 5.43 Å². The highest BCUT2D eigenvalue weighted by Gasteiger charge is 2.48. The van der Waals surface area contributed by atoms with E-state index in [4.69, 9.17) is 17.3 Å². The lowest BCUT2D eigenvalue weighted by atomic mass is 9.95. The summed E-state index contributed by atoms with van der Waals surface area (Å²) in [7, 11) is 0. The minimum atomic E-state index is -0.909. The number of carbonyl (C=O) groups is 2. The van der Waals surface area contributed by atoms with Crippen molar-refractivity contribution in [2.24, 2.45) is 0 Å². The molecule has 25 heavy (non-hydrogen) atoms. The molecule has 2 aromatic rings. The van der Waals surface area contributed by atoms with Crippen LogP contribution in [-0.2, 0) is 4.79 Å². The van der Waals surface area contributed by atoms with Crippen molar-refractivity contribution in [1.29, 1.82) is 0 Å². The van der Waals surface area contributed by atoms with Crippen LogP contribution in [0, 0.1) is 10.1 Å². The Morgan fingerprint density at radius 3 is 2.56 bits per heavy atom. The standard InChI is InChI=1S/C16H13ClN4O4/c17-13-14(10-2-1-3-12(8-10)21(24)25)20(16(13)23)19-15(22)9-4-6-11(18)7-5-9/h1-8,13-14H,18H2,(H,19,22)/t13-,14-/m1/s1. The molecule has 0 unspecified atom stereocenters. The number of hydrazine groups is 1. The molecule has 2 aromatic carbocycles. The molecule has 1 heterocycles. The van der Waals surface area contributed by atoms with E-state index in [1.807, 2.05) is 0 Å². The van der Waals surface area contributed by atoms with Crippen LogP contribution in [0.5, 0.6) is 0 Å². The van der Waals surface area contributed by atoms with Crippen LogP contribution in [0.15, 0.2) is 48.5 Å². The van der Waals surface area contributed by atoms with E-state index in [9.17, 15) is 19.7 Å². The second-order valence-electron chi connectivity index (χ2n) is 5.47. The van der Waals surface area contributed by atoms with Crippen LogP contribution in [0.25, 0.3) is 0 Å². The van der Waals surface area contributed by atoms with Gasteiger partial charge in [0.15, 0.2) is 0 Å². The highest BCUT2D eigenvalue weighted by atomic mass is 35.5. The fourth-order valence-corrected chi connectivity index (χ4v) is 2.89. The third-order valence-electron chi connectivity index (χ3n) is 3.85. The molecule has 3 rings (SSSR count). The number of amides is 2. The minimum absolute atomic E-state index is 0.120. The largest absolute Gasteiger partial charge is 0.399 e. The number of nitro groups is 1. The van der Waals surface area contributed by atoms with E-state index < -0.39 is 28.2 Å². The van der Waals surface area contributed by atoms with Gasteiger partial charge in [-0.1, -0.05) is 12.1 Å². The van der Waals surface area contributed by atoms with Gasteiger partial charge in [-0.3, -0.25) is 25.1 Å². The first-order chi connectivity index (χ1) is 11.9. The number of non-ortho nitro benzene ring substituents is 1. The van der Waals surface area contributed by atoms with Gasteiger partial charge in [-0.05, 0) is 29.8 Å². The molecule has 1 saturated heterocycles. The van der Waals surface area contributed by atoms with Crippen LogP contribution in [0.2, 0.25) is 0 Å². The van der Waals surface area contributed by atoms with Gasteiger partial charge in [0.05, 0.1) is 4.92 Å². The fourth-order valence-electron chi connectivity index (χ4n) is 2.53. The van der Waals surface area contributed by atoms with Gasteiger partial charge in [0.1, 0.15) is 11.4 Å². The summed E-state index contributed by atoms with van der Waals surface area (Å²) in [6.07, 6.45) is 0. The van der Waals surface area contributed by atoms with Gasteiger partial charge in [-0.25, -0.2) is 5.01 Å². The number of nitrogens with zero attached hydrogens (tertiary/aromatic N) is 2. The van der Waals surface area contributed by atoms with Crippen molar-refractivity contribution in [3.63, 3.8) is 0 Å². The summed E-state index contributed by atoms with van der Waals surface area (Å²) >= 11 is 6.05. The number of carbonyl (C=O) groups excluding carboxylic acids is 2. The van der Waals surface area contributed by atoms with E-state index in [-0.39, 0.29) is 5.69 Å². The van der Waals surface area contributed by atoms with Gasteiger partial charge in [-0.15, -0.1) is 11.6 Å². The summed E-state index contributed by atoms with van der Waals surface area (Å²) in [6, 6.07) is 11.3. The monoisotopic (exact) mass is 360 g/mol. The number of nitrogens with two attached hydrogens (primary N) is 1. The number of nitro benzene ring substituents is 1. The molecule has 0 radical (unpaired) electrons. The number of nitrogen functional groups attached to an aromatic ring is 1. The maximum absolute atomic E-state index is 12.3. The predicted octanol–water partition coefficient (Wildman–Crippen LogP) is 2.01. The molecular weight excluding hydrogens is 348 g/mol. The first-order valence-electron chi connectivity index (χ1n) is 7.26. The number of anilines is 1. The van der Waals surface area contributed by atoms with Crippen LogP contribution >= 0.6 is 11.6 Å². The molecule has 1 aliphatic heterocycles. The number of hydrogen-bond donors (Lipinski definition) is 2. The lowest BCUT2D eigenvalue weighted by Gasteiger charge is -2.43. The SMILES string of the molecule is Nc1ccc(C(=O)NN2C(=O)[C@H](Cl)[C@H]2c2cccc([N+](=O)[O-])c2)cc1. The zero-order chi connectivity index (χ0) is 18.1. The molecule has 2 amide bonds. The van der Waals surface area contributed by atoms with E-state index >= 15 is 0 Å². The van der Waals surface area contributed by atoms with Gasteiger partial charge in [0.25, 0.3) is 17.5 Å². The summed E-state index contributed by atoms with van der Waals surface area (Å²) in [5.41, 5.74) is 9.22. The maximum Gasteiger partial charge on any atom is 0.269 e. The van der Waals surface area contributed by atoms with Gasteiger partial charge >= 0.3 is 0 Å². The van der Waals surface area contributed by atoms with E-state index in [0.29, 0.717) is 16.8 Å². The summed E-state index contributed by atoms with van der Waals surface area (Å²) < 4.78 is 0. The Morgan fingerprint density at radius 2 is 1.92 bits per heavy atom. The Bertz CT molecular complexity index is 855. The third-order valence-corrected chi connectivity index (χ3v) is 4.27. The van der Waals surface area contributed by atoms with Crippen LogP contribution in [0.1, 0.15) is 22.0 Å². The number of hydrogen-bond acceptors (Lipinski definition) is 5. The second-order valence-corrected chi connectivity index (χ2v) is 5.94. The van der Waals surface area contributed by atoms with Crippen LogP contribution in [-0.4, -0.2) is 27.1 Å². The molecule has 3 N–H and O–H groups in total. The number of nitrogens with one attached hydrogen (secondary N) is 1. The Morgan fingerprint density at radius 1 is 1.24 bits per heavy atom. The predicted molar refractivity (Wildman–Crippen MR) is 90.6 cm³/mol. The lowest BCUT2D eigenvalue weighted by Crippen LogP contribution is -2.63. The first-order valence-corrected chi connectivity index (χ1v) is 7.70. The first kappa shape index (κ1) is 16.7. The molecule has 0 saturated carbocycles. The van der Waals surface area contributed by atoms with Gasteiger partial charge in [0, 0.05) is 23.4 Å². The number of rotatable bonds is 4. The molecule has 0 aromatic heterocycles. The quantitative estimate of drug-likeness (QED) is 0.284. The van der Waals surface area contributed by atoms with Crippen LogP contribution < -0.4 is 11.2 Å². The smallest absolute Gasteiger partial charge is 0.269 e. The topological polar surface area (TPSA) is 119 Å². The van der Waals surface area contributed by atoms with Crippen molar-refractivity contribution < 1.29 is 14.5 Å². The van der Waals surface area contributed by atoms with Crippen molar-refractivity contribution in [1.82, 2.24) is 10.4 Å². The Balaban J connectivity index is 1.82. The van der Waals surface area contributed by atoms with Crippen LogP contribution in [0.4, 0.5) is 11.4 Å². The van der Waals surface area contributed by atoms with E-state index in [1.54, 1.807) is 18.2 Å². The zero-order valence-electron chi connectivity index (χ0n) is 12.8. The highest BCUT2D eigenvalue weighted by molar-refractivity contribution is 6.33. The molecule has 128 valence electrons. The van der Waals surface area contributed by atoms with Gasteiger partial charge < -0.3 is 5.73 Å². The molecule has 0 bridgehead atoms. The lowest BCUT2D eigenvalue weighted by molar-refractivity contribution is -0.385. The fraction of sp³-hybridized carbons (Fsp3) is 0.125. The average Bonchev–Trinajstić information content (AvgIpc) is 2.61. The molecule has 1 fully saturated rings. The Labute approximate surface area is 147 Å². The number of β-lactam (4-membered cyclic amide) rings is 1. The van der Waals surface area contributed by atoms with Crippen molar-refractivity contribution in [2.75, 3.05) is 5.73 Å². The third kappa shape index (κ3) is 3.11. The molecule has 0 spiro atoms. The normalized spacial score (nSPS) is 19.2. The number of alkyl halides is 1. The number of halogens is 1. The van der Waals surface area contributed by atoms with Crippen molar-refractivity contribution in [3.05, 3.63) is 69.8 Å². The van der Waals surface area contributed by atoms with E-state index in [1.165, 1.54) is 30.3 Å². The van der Waals surface area contributed by atoms with E-state index in [0.717, 1.165) is 5.01 Å². The molecule has 9 heteroatoms. The van der Waals surface area contributed by atoms with Gasteiger partial charge in [0.2, 0.25) is 0 Å². The highest BCUT2D eigenvalue weighted by Crippen LogP contribution is 2.38. The maximum atomic E-state index is 12.3. The molecular formula is C16H13ClN4O4. The Hall–Kier alpha value is -3.13. The molecule has 0 aliphatic carbocycles. The molecule has 2 atom stereocenters. The van der Waals surface area contributed by atoms with Crippen molar-refractivity contribution in [3.8, 4) is 0 Å². The van der Waals surface area contributed by atoms with Gasteiger partial charge in [-0.2, -0.15) is 0 Å². The average molecular weight is 361 g/mol. The molecule has 8 nitrogen and oxygen atoms in total. The Kier molecular flexibility index (Phi) is 4.28. The molecule has 1 aliphatic rings. The summed E-state index contributed by atoms with van der Waals surface area (Å²) in [5.74, 6) is -0.991. The second kappa shape index (κ2) is 6.40. The zero-order valence-corrected chi connectivity index (χ0v) is 13.5. The van der Waals surface area contributed by atoms with Crippen molar-refractivity contribution >= 4 is 34.8 Å². The summed E-state index contributed by atoms with van der Waals surface area (Å²) in [6.45, 7) is 0.